The Morgan fingerprint density at radius 3 is 2.77 bits per heavy atom. The van der Waals surface area contributed by atoms with Crippen LogP contribution in [0.1, 0.15) is 28.8 Å². The van der Waals surface area contributed by atoms with Gasteiger partial charge in [-0.15, -0.1) is 11.3 Å². The molecule has 0 spiro atoms. The summed E-state index contributed by atoms with van der Waals surface area (Å²) in [5.74, 6) is -0.595. The summed E-state index contributed by atoms with van der Waals surface area (Å²) in [7, 11) is -2.61. The van der Waals surface area contributed by atoms with Crippen molar-refractivity contribution >= 4 is 44.6 Å². The van der Waals surface area contributed by atoms with Crippen LogP contribution >= 0.6 is 22.9 Å². The molecule has 0 fully saturated rings. The van der Waals surface area contributed by atoms with Gasteiger partial charge in [0.15, 0.2) is 5.69 Å². The van der Waals surface area contributed by atoms with Gasteiger partial charge in [0, 0.05) is 31.7 Å². The highest BCUT2D eigenvalue weighted by atomic mass is 35.5. The molecule has 2 aromatic rings. The van der Waals surface area contributed by atoms with Crippen LogP contribution in [-0.2, 0) is 26.0 Å². The first-order valence-electron chi connectivity index (χ1n) is 8.75. The highest BCUT2D eigenvalue weighted by Gasteiger charge is 2.28. The van der Waals surface area contributed by atoms with E-state index in [0.29, 0.717) is 18.0 Å². The van der Waals surface area contributed by atoms with Gasteiger partial charge in [-0.2, -0.15) is 4.31 Å². The Morgan fingerprint density at radius 1 is 1.40 bits per heavy atom. The van der Waals surface area contributed by atoms with Gasteiger partial charge in [-0.05, 0) is 25.5 Å². The lowest BCUT2D eigenvalue weighted by Gasteiger charge is -2.21. The van der Waals surface area contributed by atoms with Crippen LogP contribution in [0.3, 0.4) is 0 Å². The van der Waals surface area contributed by atoms with Gasteiger partial charge in [0.05, 0.1) is 23.0 Å². The van der Waals surface area contributed by atoms with Crippen molar-refractivity contribution < 1.29 is 27.6 Å². The number of carbonyl (C=O) groups excluding carboxylic acids is 1. The number of ether oxygens (including phenoxy) is 2. The first-order chi connectivity index (χ1) is 14.2. The molecule has 0 aliphatic rings. The number of nitrogens with zero attached hydrogens (tertiary/aromatic N) is 3. The number of benzene rings is 1. The standard InChI is InChI=1S/C17H20ClN3O7S2/c1-3-28-17(22)14-11-29-16(19-14)10-20(7-4-8-27-2)30(25,26)12-5-6-13(18)15(9-12)21(23)24/h5-6,9,11H,3-4,7-8,10H2,1-2H3. The van der Waals surface area contributed by atoms with E-state index in [4.69, 9.17) is 21.1 Å². The maximum atomic E-state index is 13.2. The van der Waals surface area contributed by atoms with Gasteiger partial charge in [0.2, 0.25) is 10.0 Å². The van der Waals surface area contributed by atoms with E-state index in [-0.39, 0.29) is 35.3 Å². The molecule has 0 N–H and O–H groups in total. The summed E-state index contributed by atoms with van der Waals surface area (Å²) in [6.45, 7) is 2.14. The number of nitro benzene ring substituents is 1. The second-order valence-electron chi connectivity index (χ2n) is 5.90. The van der Waals surface area contributed by atoms with Crippen molar-refractivity contribution in [3.05, 3.63) is 49.4 Å². The van der Waals surface area contributed by atoms with Gasteiger partial charge in [0.1, 0.15) is 10.0 Å². The average molecular weight is 478 g/mol. The minimum Gasteiger partial charge on any atom is -0.461 e. The second kappa shape index (κ2) is 10.8. The summed E-state index contributed by atoms with van der Waals surface area (Å²) in [6.07, 6.45) is 0.390. The van der Waals surface area contributed by atoms with Crippen molar-refractivity contribution in [2.45, 2.75) is 24.8 Å². The number of methoxy groups -OCH3 is 1. The predicted molar refractivity (Wildman–Crippen MR) is 110 cm³/mol. The largest absolute Gasteiger partial charge is 0.461 e. The number of halogens is 1. The molecular formula is C17H20ClN3O7S2. The van der Waals surface area contributed by atoms with Gasteiger partial charge in [-0.25, -0.2) is 18.2 Å². The van der Waals surface area contributed by atoms with Gasteiger partial charge in [-0.1, -0.05) is 11.6 Å². The Hall–Kier alpha value is -2.12. The van der Waals surface area contributed by atoms with Crippen molar-refractivity contribution in [1.82, 2.24) is 9.29 Å². The summed E-state index contributed by atoms with van der Waals surface area (Å²) >= 11 is 6.91. The van der Waals surface area contributed by atoms with Crippen LogP contribution in [0.5, 0.6) is 0 Å². The molecule has 164 valence electrons. The number of esters is 1. The van der Waals surface area contributed by atoms with Crippen molar-refractivity contribution in [3.8, 4) is 0 Å². The highest BCUT2D eigenvalue weighted by Crippen LogP contribution is 2.29. The monoisotopic (exact) mass is 477 g/mol. The number of carbonyl (C=O) groups is 1. The fraction of sp³-hybridized carbons (Fsp3) is 0.412. The van der Waals surface area contributed by atoms with E-state index in [1.54, 1.807) is 6.92 Å². The van der Waals surface area contributed by atoms with Crippen LogP contribution < -0.4 is 0 Å². The number of hydrogen-bond donors (Lipinski definition) is 0. The summed E-state index contributed by atoms with van der Waals surface area (Å²) in [5.41, 5.74) is -0.415. The molecule has 0 saturated heterocycles. The van der Waals surface area contributed by atoms with Gasteiger partial charge < -0.3 is 9.47 Å². The zero-order valence-corrected chi connectivity index (χ0v) is 18.6. The Morgan fingerprint density at radius 2 is 2.13 bits per heavy atom. The van der Waals surface area contributed by atoms with E-state index in [2.05, 4.69) is 4.98 Å². The molecular weight excluding hydrogens is 458 g/mol. The summed E-state index contributed by atoms with van der Waals surface area (Å²) in [4.78, 5) is 26.1. The number of sulfonamides is 1. The maximum absolute atomic E-state index is 13.2. The Bertz CT molecular complexity index is 1010. The Kier molecular flexibility index (Phi) is 8.67. The summed E-state index contributed by atoms with van der Waals surface area (Å²) < 4.78 is 37.3. The smallest absolute Gasteiger partial charge is 0.357 e. The fourth-order valence-corrected chi connectivity index (χ4v) is 4.95. The van der Waals surface area contributed by atoms with Crippen LogP contribution in [0.25, 0.3) is 0 Å². The first kappa shape index (κ1) is 24.2. The molecule has 30 heavy (non-hydrogen) atoms. The van der Waals surface area contributed by atoms with Crippen molar-refractivity contribution in [1.29, 1.82) is 0 Å². The normalized spacial score (nSPS) is 11.6. The molecule has 1 aromatic heterocycles. The lowest BCUT2D eigenvalue weighted by Crippen LogP contribution is -2.32. The number of hydrogen-bond acceptors (Lipinski definition) is 9. The third kappa shape index (κ3) is 5.95. The van der Waals surface area contributed by atoms with Crippen LogP contribution in [0, 0.1) is 10.1 Å². The topological polar surface area (TPSA) is 129 Å². The highest BCUT2D eigenvalue weighted by molar-refractivity contribution is 7.89. The molecule has 1 aromatic carbocycles. The number of nitro groups is 1. The molecule has 0 unspecified atom stereocenters. The van der Waals surface area contributed by atoms with Crippen LogP contribution in [0.15, 0.2) is 28.5 Å². The molecule has 0 atom stereocenters. The molecule has 13 heteroatoms. The van der Waals surface area contributed by atoms with E-state index in [9.17, 15) is 23.3 Å². The third-order valence-corrected chi connectivity index (χ3v) is 6.85. The van der Waals surface area contributed by atoms with E-state index < -0.39 is 26.6 Å². The van der Waals surface area contributed by atoms with Crippen molar-refractivity contribution in [3.63, 3.8) is 0 Å². The zero-order chi connectivity index (χ0) is 22.3. The first-order valence-corrected chi connectivity index (χ1v) is 11.4. The van der Waals surface area contributed by atoms with Crippen LogP contribution in [0.4, 0.5) is 5.69 Å². The molecule has 1 heterocycles. The third-order valence-electron chi connectivity index (χ3n) is 3.86. The van der Waals surface area contributed by atoms with E-state index in [0.717, 1.165) is 21.7 Å². The van der Waals surface area contributed by atoms with E-state index >= 15 is 0 Å². The molecule has 0 amide bonds. The minimum atomic E-state index is -4.11. The zero-order valence-electron chi connectivity index (χ0n) is 16.2. The number of thiazole rings is 1. The van der Waals surface area contributed by atoms with Crippen molar-refractivity contribution in [2.24, 2.45) is 0 Å². The van der Waals surface area contributed by atoms with Gasteiger partial charge in [0.25, 0.3) is 5.69 Å². The van der Waals surface area contributed by atoms with Gasteiger partial charge in [-0.3, -0.25) is 10.1 Å². The number of aromatic nitrogens is 1. The molecule has 0 aliphatic heterocycles. The Balaban J connectivity index is 2.34. The van der Waals surface area contributed by atoms with E-state index in [1.165, 1.54) is 24.6 Å². The van der Waals surface area contributed by atoms with E-state index in [1.807, 2.05) is 0 Å². The number of rotatable bonds is 11. The average Bonchev–Trinajstić information content (AvgIpc) is 3.16. The van der Waals surface area contributed by atoms with Gasteiger partial charge >= 0.3 is 5.97 Å². The molecule has 10 nitrogen and oxygen atoms in total. The van der Waals surface area contributed by atoms with Crippen molar-refractivity contribution in [2.75, 3.05) is 26.9 Å². The summed E-state index contributed by atoms with van der Waals surface area (Å²) in [5, 5.41) is 12.8. The van der Waals surface area contributed by atoms with Crippen LogP contribution in [-0.4, -0.2) is 55.5 Å². The molecule has 0 bridgehead atoms. The molecule has 2 rings (SSSR count). The fourth-order valence-electron chi connectivity index (χ4n) is 2.44. The second-order valence-corrected chi connectivity index (χ2v) is 9.19. The molecule has 0 saturated carbocycles. The lowest BCUT2D eigenvalue weighted by atomic mass is 10.3. The molecule has 0 radical (unpaired) electrons. The van der Waals surface area contributed by atoms with Crippen LogP contribution in [0.2, 0.25) is 5.02 Å². The lowest BCUT2D eigenvalue weighted by molar-refractivity contribution is -0.384. The predicted octanol–water partition coefficient (Wildman–Crippen LogP) is 3.11. The Labute approximate surface area is 182 Å². The minimum absolute atomic E-state index is 0.0842. The quantitative estimate of drug-likeness (QED) is 0.209. The maximum Gasteiger partial charge on any atom is 0.357 e. The molecule has 0 aliphatic carbocycles. The summed E-state index contributed by atoms with van der Waals surface area (Å²) in [6, 6.07) is 3.30. The SMILES string of the molecule is CCOC(=O)c1csc(CN(CCCOC)S(=O)(=O)c2ccc(Cl)c([N+](=O)[O-])c2)n1.